The minimum Gasteiger partial charge on any atom is -0.497 e. The van der Waals surface area contributed by atoms with Gasteiger partial charge >= 0.3 is 0 Å². The van der Waals surface area contributed by atoms with Gasteiger partial charge in [0.15, 0.2) is 1.41 Å². The first-order valence-corrected chi connectivity index (χ1v) is 9.17. The fourth-order valence-corrected chi connectivity index (χ4v) is 2.35. The summed E-state index contributed by atoms with van der Waals surface area (Å²) in [7, 11) is -6.48. The van der Waals surface area contributed by atoms with Crippen LogP contribution in [0.15, 0.2) is 72.5 Å². The van der Waals surface area contributed by atoms with Crippen molar-refractivity contribution in [3.63, 3.8) is 0 Å². The molecule has 0 heterocycles. The van der Waals surface area contributed by atoms with Crippen LogP contribution in [0.2, 0.25) is 1.41 Å². The zero-order valence-corrected chi connectivity index (χ0v) is 17.6. The van der Waals surface area contributed by atoms with Crippen LogP contribution in [0.1, 0.15) is 68.7 Å². The molecule has 0 atom stereocenters. The second-order valence-electron chi connectivity index (χ2n) is 5.97. The molecule has 0 unspecified atom stereocenters. The van der Waals surface area contributed by atoms with Crippen molar-refractivity contribution in [2.24, 2.45) is 0 Å². The van der Waals surface area contributed by atoms with Crippen molar-refractivity contribution >= 4 is 33.4 Å². The predicted octanol–water partition coefficient (Wildman–Crippen LogP) is 5.05. The van der Waals surface area contributed by atoms with Gasteiger partial charge in [-0.15, -0.1) is 0 Å². The van der Waals surface area contributed by atoms with E-state index in [0.717, 1.165) is 0 Å². The quantitative estimate of drug-likeness (QED) is 0.341. The average Bonchev–Trinajstić information content (AvgIpc) is 3.17. The maximum Gasteiger partial charge on any atom is 0.216 e. The third-order valence-corrected chi connectivity index (χ3v) is 3.74. The molecule has 0 saturated carbocycles. The first-order valence-electron chi connectivity index (χ1n) is 25.6. The number of amides is 2. The maximum absolute atomic E-state index is 12.0. The van der Waals surface area contributed by atoms with Crippen LogP contribution in [0, 0.1) is 0 Å². The molecule has 0 bridgehead atoms. The molecule has 0 fully saturated rings. The van der Waals surface area contributed by atoms with E-state index in [1.807, 2.05) is 0 Å². The van der Waals surface area contributed by atoms with E-state index >= 15 is 0 Å². The van der Waals surface area contributed by atoms with Crippen molar-refractivity contribution < 1.29 is 64.3 Å². The minimum absolute atomic E-state index is 0.731. The molecule has 4 aromatic rings. The highest BCUT2D eigenvalue weighted by atomic mass is 16.5. The van der Waals surface area contributed by atoms with E-state index in [4.69, 9.17) is 45.3 Å². The molecule has 0 aliphatic heterocycles. The molecular weight excluding hydrogens is 452 g/mol. The Kier molecular flexibility index (Phi) is 2.49. The number of hydrogen-bond donors (Lipinski definition) is 2. The van der Waals surface area contributed by atoms with Crippen LogP contribution < -0.4 is 20.1 Å². The van der Waals surface area contributed by atoms with Crippen LogP contribution in [0.25, 0.3) is 21.5 Å². The highest BCUT2D eigenvalue weighted by Crippen LogP contribution is 2.25. The normalized spacial score (nSPS) is 26.6. The van der Waals surface area contributed by atoms with Crippen molar-refractivity contribution in [1.82, 2.24) is 10.6 Å². The standard InChI is InChI=1S/2C15H17NO2/c2*1-11(17)16-9-8-13-5-3-4-12-6-7-14(18-2)10-15(12)13/h2*3-7,10H,8-9H2,1-2H3,(H,16,17)/i2*1D3,2D3,3D,4D,5D,6D,7D,8D2,9D2,10D/hD. The summed E-state index contributed by atoms with van der Waals surface area (Å²) < 4.78 is 265. The van der Waals surface area contributed by atoms with Crippen LogP contribution in [-0.2, 0) is 22.3 Å². The molecule has 0 spiro atoms. The van der Waals surface area contributed by atoms with Crippen LogP contribution in [0.4, 0.5) is 0 Å². The zero-order valence-electron chi connectivity index (χ0n) is 50.6. The van der Waals surface area contributed by atoms with Gasteiger partial charge in [0.2, 0.25) is 11.8 Å². The van der Waals surface area contributed by atoms with Crippen molar-refractivity contribution in [3.05, 3.63) is 83.6 Å². The Morgan fingerprint density at radius 2 is 1.36 bits per heavy atom. The topological polar surface area (TPSA) is 76.7 Å². The highest BCUT2D eigenvalue weighted by molar-refractivity contribution is 5.88. The summed E-state index contributed by atoms with van der Waals surface area (Å²) >= 11 is 0. The molecule has 0 aromatic heterocycles. The zero-order chi connectivity index (χ0) is 54.4. The monoisotopic (exact) mass is 519 g/mol. The summed E-state index contributed by atoms with van der Waals surface area (Å²) in [6.07, 6.45) is -7.30. The molecule has 36 heavy (non-hydrogen) atoms. The third-order valence-electron chi connectivity index (χ3n) is 3.74. The van der Waals surface area contributed by atoms with Crippen LogP contribution in [0.5, 0.6) is 11.5 Å². The van der Waals surface area contributed by atoms with E-state index < -0.39 is 187 Å². The average molecular weight is 520 g/mol. The van der Waals surface area contributed by atoms with E-state index in [1.165, 1.54) is 5.32 Å². The Balaban J connectivity index is 0.000000365. The Bertz CT molecular complexity index is 2740. The van der Waals surface area contributed by atoms with Gasteiger partial charge in [-0.05, 0) is 69.6 Å². The lowest BCUT2D eigenvalue weighted by molar-refractivity contribution is -0.119. The highest BCUT2D eigenvalue weighted by Gasteiger charge is 2.04. The summed E-state index contributed by atoms with van der Waals surface area (Å²) in [6.45, 7) is -14.4. The fraction of sp³-hybridized carbons (Fsp3) is 0.267. The summed E-state index contributed by atoms with van der Waals surface area (Å²) in [6, 6.07) is -12.4. The van der Waals surface area contributed by atoms with Gasteiger partial charge in [0.05, 0.1) is 38.7 Å². The number of hydrogen-bond acceptors (Lipinski definition) is 4. The lowest BCUT2D eigenvalue weighted by atomic mass is 10.0. The van der Waals surface area contributed by atoms with E-state index in [-0.39, 0.29) is 0 Å². The molecular formula is C30H34N2O4. The number of ether oxygens (including phenoxy) is 2. The maximum atomic E-state index is 12.0. The van der Waals surface area contributed by atoms with Gasteiger partial charge in [0, 0.05) is 45.9 Å². The number of fused-ring (bicyclic) bond motifs is 2. The number of rotatable bonds is 8. The Hall–Kier alpha value is -4.06. The molecule has 188 valence electrons. The molecule has 2 N–H and O–H groups in total. The number of nitrogens with one attached hydrogen (secondary N) is 2. The predicted molar refractivity (Wildman–Crippen MR) is 146 cm³/mol. The van der Waals surface area contributed by atoms with Crippen LogP contribution in [0.3, 0.4) is 0 Å². The number of carbonyl (C=O) groups is 2. The Morgan fingerprint density at radius 1 is 0.806 bits per heavy atom. The molecule has 4 rings (SSSR count). The molecule has 0 aliphatic carbocycles. The molecule has 0 aliphatic rings. The lowest BCUT2D eigenvalue weighted by Crippen LogP contribution is -2.22. The number of carbonyl (C=O) groups excluding carboxylic acids is 2. The minimum atomic E-state index is -3.86. The van der Waals surface area contributed by atoms with Gasteiger partial charge in [0.1, 0.15) is 11.5 Å². The fourth-order valence-electron chi connectivity index (χ4n) is 2.35. The molecule has 6 nitrogen and oxygen atoms in total. The van der Waals surface area contributed by atoms with E-state index in [0.29, 0.717) is 0 Å². The first kappa shape index (κ1) is 6.82. The van der Waals surface area contributed by atoms with Crippen LogP contribution >= 0.6 is 0 Å². The lowest BCUT2D eigenvalue weighted by Gasteiger charge is -2.08. The van der Waals surface area contributed by atoms with Crippen molar-refractivity contribution in [1.29, 1.82) is 0 Å². The van der Waals surface area contributed by atoms with Gasteiger partial charge in [0.25, 0.3) is 0 Å². The Labute approximate surface area is 259 Å². The van der Waals surface area contributed by atoms with Crippen LogP contribution in [-0.4, -0.2) is 38.9 Å². The van der Waals surface area contributed by atoms with Gasteiger partial charge < -0.3 is 20.1 Å². The van der Waals surface area contributed by atoms with Crippen molar-refractivity contribution in [2.75, 3.05) is 27.1 Å². The summed E-state index contributed by atoms with van der Waals surface area (Å²) in [5.41, 5.74) is -2.39. The van der Waals surface area contributed by atoms with Gasteiger partial charge in [-0.3, -0.25) is 9.59 Å². The number of benzene rings is 4. The van der Waals surface area contributed by atoms with Crippen molar-refractivity contribution in [3.8, 4) is 11.5 Å². The van der Waals surface area contributed by atoms with E-state index in [1.54, 1.807) is 0 Å². The van der Waals surface area contributed by atoms with Gasteiger partial charge in [-0.25, -0.2) is 0 Å². The molecule has 0 saturated heterocycles. The van der Waals surface area contributed by atoms with Gasteiger partial charge in [-0.2, -0.15) is 0 Å². The van der Waals surface area contributed by atoms with E-state index in [2.05, 4.69) is 9.47 Å². The summed E-state index contributed by atoms with van der Waals surface area (Å²) in [5, 5.41) is -2.79. The molecule has 4 aromatic carbocycles. The number of methoxy groups -OCH3 is 2. The smallest absolute Gasteiger partial charge is 0.216 e. The molecule has 0 radical (unpaired) electrons. The Morgan fingerprint density at radius 3 is 1.89 bits per heavy atom. The van der Waals surface area contributed by atoms with E-state index in [9.17, 15) is 9.59 Å². The third kappa shape index (κ3) is 7.47. The molecule has 2 amide bonds. The summed E-state index contributed by atoms with van der Waals surface area (Å²) in [4.78, 5) is 23.9. The first-order chi connectivity index (χ1) is 30.6. The number of aryl methyl sites for hydroxylation is 2. The SMILES string of the molecule is [2H]c1c([2H])c(C([2H])([2H])C([2H])([2H])N([2H])C(=O)C([2H])([2H])[2H])c2c([2H])c(OC([2H])([2H])[2H])c([2H])c([2H])c2c1[2H].[2H]c1c([2H])c(C([2H])([2H])C([2H])([2H])NC(=O)C([2H])([2H])[2H])c2c([2H])c(OC([2H])([2H])[2H])c([2H])c([2H])c2c1[2H]. The largest absolute Gasteiger partial charge is 0.497 e. The van der Waals surface area contributed by atoms with Gasteiger partial charge in [-0.1, -0.05) is 48.3 Å². The second-order valence-corrected chi connectivity index (χ2v) is 5.97. The summed E-state index contributed by atoms with van der Waals surface area (Å²) in [5.74, 6) is -6.14. The molecule has 6 heteroatoms. The second kappa shape index (κ2) is 13.1. The van der Waals surface area contributed by atoms with Crippen molar-refractivity contribution in [2.45, 2.75) is 26.4 Å².